The maximum absolute atomic E-state index is 8.60. The molecule has 22 heavy (non-hydrogen) atoms. The maximum Gasteiger partial charge on any atom is 0.124 e. The number of aromatic nitrogens is 1. The zero-order valence-electron chi connectivity index (χ0n) is 12.1. The van der Waals surface area contributed by atoms with Gasteiger partial charge in [-0.2, -0.15) is 0 Å². The molecular formula is C17H17NO3S. The minimum atomic E-state index is 0.0386. The van der Waals surface area contributed by atoms with E-state index in [0.29, 0.717) is 19.8 Å². The van der Waals surface area contributed by atoms with Crippen molar-refractivity contribution in [1.82, 2.24) is 4.98 Å². The van der Waals surface area contributed by atoms with Gasteiger partial charge in [-0.25, -0.2) is 4.98 Å². The summed E-state index contributed by atoms with van der Waals surface area (Å²) in [5.74, 6) is 0.803. The molecule has 0 saturated carbocycles. The fraction of sp³-hybridized carbons (Fsp3) is 0.235. The number of rotatable bonds is 7. The van der Waals surface area contributed by atoms with Crippen LogP contribution >= 0.6 is 11.3 Å². The lowest BCUT2D eigenvalue weighted by Crippen LogP contribution is -2.08. The first-order valence-electron chi connectivity index (χ1n) is 7.14. The average Bonchev–Trinajstić information content (AvgIpc) is 2.99. The normalized spacial score (nSPS) is 11.0. The van der Waals surface area contributed by atoms with Crippen molar-refractivity contribution in [3.63, 3.8) is 0 Å². The summed E-state index contributed by atoms with van der Waals surface area (Å²) in [6.45, 7) is 1.33. The minimum absolute atomic E-state index is 0.0386. The van der Waals surface area contributed by atoms with Crippen molar-refractivity contribution in [2.75, 3.05) is 26.4 Å². The number of nitrogens with zero attached hydrogens (tertiary/aromatic N) is 1. The van der Waals surface area contributed by atoms with Crippen molar-refractivity contribution >= 4 is 21.6 Å². The zero-order chi connectivity index (χ0) is 15.2. The summed E-state index contributed by atoms with van der Waals surface area (Å²) in [4.78, 5) is 4.64. The molecule has 0 fully saturated rings. The van der Waals surface area contributed by atoms with Gasteiger partial charge in [0.2, 0.25) is 0 Å². The largest absolute Gasteiger partial charge is 0.491 e. The molecule has 3 rings (SSSR count). The molecule has 0 radical (unpaired) electrons. The second-order valence-electron chi connectivity index (χ2n) is 4.70. The van der Waals surface area contributed by atoms with Crippen molar-refractivity contribution in [3.8, 4) is 16.3 Å². The van der Waals surface area contributed by atoms with E-state index in [4.69, 9.17) is 14.6 Å². The topological polar surface area (TPSA) is 51.6 Å². The van der Waals surface area contributed by atoms with Gasteiger partial charge in [0.15, 0.2) is 0 Å². The number of hydrogen-bond donors (Lipinski definition) is 1. The van der Waals surface area contributed by atoms with Crippen LogP contribution in [-0.4, -0.2) is 36.5 Å². The van der Waals surface area contributed by atoms with Gasteiger partial charge in [-0.15, -0.1) is 11.3 Å². The van der Waals surface area contributed by atoms with Crippen LogP contribution in [0.5, 0.6) is 5.75 Å². The zero-order valence-corrected chi connectivity index (χ0v) is 12.9. The van der Waals surface area contributed by atoms with Gasteiger partial charge in [-0.1, -0.05) is 12.1 Å². The predicted molar refractivity (Wildman–Crippen MR) is 88.5 cm³/mol. The highest BCUT2D eigenvalue weighted by molar-refractivity contribution is 7.21. The maximum atomic E-state index is 8.60. The summed E-state index contributed by atoms with van der Waals surface area (Å²) in [5.41, 5.74) is 2.12. The van der Waals surface area contributed by atoms with Crippen molar-refractivity contribution in [2.45, 2.75) is 0 Å². The quantitative estimate of drug-likeness (QED) is 0.679. The van der Waals surface area contributed by atoms with Crippen LogP contribution in [0.3, 0.4) is 0 Å². The summed E-state index contributed by atoms with van der Waals surface area (Å²) in [6.07, 6.45) is 0. The Kier molecular flexibility index (Phi) is 5.00. The van der Waals surface area contributed by atoms with E-state index in [1.165, 1.54) is 4.70 Å². The second-order valence-corrected chi connectivity index (χ2v) is 5.73. The highest BCUT2D eigenvalue weighted by atomic mass is 32.1. The SMILES string of the molecule is OCCOCCOc1ccc(-c2nc3ccccc3s2)cc1. The van der Waals surface area contributed by atoms with E-state index in [0.717, 1.165) is 21.8 Å². The number of fused-ring (bicyclic) bond motifs is 1. The van der Waals surface area contributed by atoms with Crippen LogP contribution in [0.25, 0.3) is 20.8 Å². The van der Waals surface area contributed by atoms with Gasteiger partial charge in [0.05, 0.1) is 30.0 Å². The first kappa shape index (κ1) is 15.0. The van der Waals surface area contributed by atoms with Crippen molar-refractivity contribution in [2.24, 2.45) is 0 Å². The number of para-hydroxylation sites is 1. The van der Waals surface area contributed by atoms with Gasteiger partial charge in [0.25, 0.3) is 0 Å². The number of aliphatic hydroxyl groups excluding tert-OH is 1. The van der Waals surface area contributed by atoms with Crippen LogP contribution in [0.4, 0.5) is 0 Å². The number of thiazole rings is 1. The monoisotopic (exact) mass is 315 g/mol. The molecule has 1 aromatic heterocycles. The van der Waals surface area contributed by atoms with E-state index in [1.54, 1.807) is 11.3 Å². The highest BCUT2D eigenvalue weighted by Gasteiger charge is 2.05. The van der Waals surface area contributed by atoms with Gasteiger partial charge in [-0.05, 0) is 36.4 Å². The molecule has 0 aliphatic carbocycles. The van der Waals surface area contributed by atoms with E-state index >= 15 is 0 Å². The molecule has 0 atom stereocenters. The van der Waals surface area contributed by atoms with Crippen LogP contribution in [0.1, 0.15) is 0 Å². The van der Waals surface area contributed by atoms with Crippen LogP contribution < -0.4 is 4.74 Å². The van der Waals surface area contributed by atoms with Gasteiger partial charge < -0.3 is 14.6 Å². The highest BCUT2D eigenvalue weighted by Crippen LogP contribution is 2.30. The molecule has 0 aliphatic rings. The Morgan fingerprint density at radius 1 is 0.955 bits per heavy atom. The van der Waals surface area contributed by atoms with Crippen molar-refractivity contribution < 1.29 is 14.6 Å². The van der Waals surface area contributed by atoms with Gasteiger partial charge >= 0.3 is 0 Å². The lowest BCUT2D eigenvalue weighted by atomic mass is 10.2. The fourth-order valence-corrected chi connectivity index (χ4v) is 3.05. The summed E-state index contributed by atoms with van der Waals surface area (Å²) < 4.78 is 11.9. The standard InChI is InChI=1S/C17H17NO3S/c19-9-10-20-11-12-21-14-7-5-13(6-8-14)17-18-15-3-1-2-4-16(15)22-17/h1-8,19H,9-12H2. The number of ether oxygens (including phenoxy) is 2. The number of aliphatic hydroxyl groups is 1. The van der Waals surface area contributed by atoms with Gasteiger partial charge in [-0.3, -0.25) is 0 Å². The molecule has 5 heteroatoms. The molecule has 4 nitrogen and oxygen atoms in total. The molecule has 1 heterocycles. The van der Waals surface area contributed by atoms with Gasteiger partial charge in [0, 0.05) is 5.56 Å². The van der Waals surface area contributed by atoms with E-state index in [-0.39, 0.29) is 6.61 Å². The molecule has 0 bridgehead atoms. The molecule has 0 saturated heterocycles. The van der Waals surface area contributed by atoms with Gasteiger partial charge in [0.1, 0.15) is 17.4 Å². The smallest absolute Gasteiger partial charge is 0.124 e. The van der Waals surface area contributed by atoms with E-state index in [1.807, 2.05) is 42.5 Å². The van der Waals surface area contributed by atoms with E-state index < -0.39 is 0 Å². The summed E-state index contributed by atoms with van der Waals surface area (Å²) in [6, 6.07) is 16.0. The number of hydrogen-bond acceptors (Lipinski definition) is 5. The summed E-state index contributed by atoms with van der Waals surface area (Å²) in [7, 11) is 0. The molecular weight excluding hydrogens is 298 g/mol. The van der Waals surface area contributed by atoms with Crippen molar-refractivity contribution in [3.05, 3.63) is 48.5 Å². The van der Waals surface area contributed by atoms with Crippen LogP contribution in [-0.2, 0) is 4.74 Å². The van der Waals surface area contributed by atoms with Crippen LogP contribution in [0.15, 0.2) is 48.5 Å². The van der Waals surface area contributed by atoms with Crippen molar-refractivity contribution in [1.29, 1.82) is 0 Å². The third-order valence-electron chi connectivity index (χ3n) is 3.13. The fourth-order valence-electron chi connectivity index (χ4n) is 2.07. The first-order chi connectivity index (χ1) is 10.9. The third-order valence-corrected chi connectivity index (χ3v) is 4.21. The molecule has 1 N–H and O–H groups in total. The Hall–Kier alpha value is -1.95. The second kappa shape index (κ2) is 7.35. The molecule has 0 spiro atoms. The lowest BCUT2D eigenvalue weighted by molar-refractivity contribution is 0.0705. The van der Waals surface area contributed by atoms with E-state index in [2.05, 4.69) is 11.1 Å². The Morgan fingerprint density at radius 3 is 2.55 bits per heavy atom. The predicted octanol–water partition coefficient (Wildman–Crippen LogP) is 3.35. The van der Waals surface area contributed by atoms with E-state index in [9.17, 15) is 0 Å². The van der Waals surface area contributed by atoms with Crippen LogP contribution in [0.2, 0.25) is 0 Å². The minimum Gasteiger partial charge on any atom is -0.491 e. The molecule has 0 unspecified atom stereocenters. The summed E-state index contributed by atoms with van der Waals surface area (Å²) in [5, 5.41) is 9.62. The third kappa shape index (κ3) is 3.62. The van der Waals surface area contributed by atoms with Crippen LogP contribution in [0, 0.1) is 0 Å². The molecule has 114 valence electrons. The average molecular weight is 315 g/mol. The Balaban J connectivity index is 1.63. The molecule has 0 aliphatic heterocycles. The Bertz CT molecular complexity index is 691. The lowest BCUT2D eigenvalue weighted by Gasteiger charge is -2.06. The Morgan fingerprint density at radius 2 is 1.77 bits per heavy atom. The Labute approximate surface area is 133 Å². The summed E-state index contributed by atoms with van der Waals surface area (Å²) >= 11 is 1.69. The first-order valence-corrected chi connectivity index (χ1v) is 7.96. The number of benzene rings is 2. The molecule has 0 amide bonds. The molecule has 3 aromatic rings. The molecule has 2 aromatic carbocycles.